The first-order chi connectivity index (χ1) is 9.97. The highest BCUT2D eigenvalue weighted by Crippen LogP contribution is 2.24. The van der Waals surface area contributed by atoms with Gasteiger partial charge >= 0.3 is 5.97 Å². The molecule has 114 valence electrons. The molecule has 21 heavy (non-hydrogen) atoms. The molecule has 1 N–H and O–H groups in total. The summed E-state index contributed by atoms with van der Waals surface area (Å²) in [6.45, 7) is 2.59. The Kier molecular flexibility index (Phi) is 5.23. The lowest BCUT2D eigenvalue weighted by Crippen LogP contribution is -2.44. The van der Waals surface area contributed by atoms with Gasteiger partial charge in [0.1, 0.15) is 0 Å². The molecular weight excluding hydrogens is 290 g/mol. The van der Waals surface area contributed by atoms with Crippen LogP contribution in [0.15, 0.2) is 18.2 Å². The number of aryl methyl sites for hydroxylation is 1. The van der Waals surface area contributed by atoms with Crippen molar-refractivity contribution >= 4 is 23.5 Å². The molecule has 1 atom stereocenters. The zero-order valence-electron chi connectivity index (χ0n) is 12.1. The molecule has 1 unspecified atom stereocenters. The fourth-order valence-electron chi connectivity index (χ4n) is 2.88. The number of carbonyl (C=O) groups is 2. The standard InChI is InChI=1S/C16H20ClNO3/c1-11-8-12(10-13(17)9-11)16(21)18-7-3-2-4-14(18)5-6-15(19)20/h8-10,14H,2-7H2,1H3,(H,19,20). The first-order valence-corrected chi connectivity index (χ1v) is 7.65. The van der Waals surface area contributed by atoms with Gasteiger partial charge in [0, 0.05) is 29.6 Å². The number of aliphatic carboxylic acids is 1. The van der Waals surface area contributed by atoms with Crippen molar-refractivity contribution < 1.29 is 14.7 Å². The monoisotopic (exact) mass is 309 g/mol. The zero-order valence-corrected chi connectivity index (χ0v) is 12.9. The molecule has 1 heterocycles. The number of amides is 1. The summed E-state index contributed by atoms with van der Waals surface area (Å²) in [6, 6.07) is 5.34. The number of carboxylic acid groups (broad SMARTS) is 1. The van der Waals surface area contributed by atoms with Gasteiger partial charge in [-0.2, -0.15) is 0 Å². The van der Waals surface area contributed by atoms with E-state index >= 15 is 0 Å². The fraction of sp³-hybridized carbons (Fsp3) is 0.500. The number of likely N-dealkylation sites (tertiary alicyclic amines) is 1. The summed E-state index contributed by atoms with van der Waals surface area (Å²) < 4.78 is 0. The Morgan fingerprint density at radius 2 is 2.10 bits per heavy atom. The first-order valence-electron chi connectivity index (χ1n) is 7.27. The molecule has 1 amide bonds. The maximum absolute atomic E-state index is 12.7. The van der Waals surface area contributed by atoms with Crippen LogP contribution >= 0.6 is 11.6 Å². The molecule has 1 fully saturated rings. The molecule has 1 aliphatic rings. The average Bonchev–Trinajstić information content (AvgIpc) is 2.43. The molecule has 1 saturated heterocycles. The van der Waals surface area contributed by atoms with Gasteiger partial charge in [0.15, 0.2) is 0 Å². The van der Waals surface area contributed by atoms with Crippen LogP contribution in [-0.4, -0.2) is 34.5 Å². The smallest absolute Gasteiger partial charge is 0.303 e. The van der Waals surface area contributed by atoms with Crippen LogP contribution in [-0.2, 0) is 4.79 Å². The molecule has 2 rings (SSSR count). The maximum Gasteiger partial charge on any atom is 0.303 e. The summed E-state index contributed by atoms with van der Waals surface area (Å²) in [5, 5.41) is 9.39. The normalized spacial score (nSPS) is 18.6. The highest BCUT2D eigenvalue weighted by molar-refractivity contribution is 6.31. The lowest BCUT2D eigenvalue weighted by molar-refractivity contribution is -0.137. The van der Waals surface area contributed by atoms with E-state index in [9.17, 15) is 9.59 Å². The van der Waals surface area contributed by atoms with Crippen LogP contribution in [0.5, 0.6) is 0 Å². The summed E-state index contributed by atoms with van der Waals surface area (Å²) in [7, 11) is 0. The van der Waals surface area contributed by atoms with Gasteiger partial charge in [-0.25, -0.2) is 0 Å². The molecule has 1 aliphatic heterocycles. The molecule has 0 radical (unpaired) electrons. The minimum atomic E-state index is -0.813. The molecular formula is C16H20ClNO3. The first kappa shape index (κ1) is 15.8. The second-order valence-electron chi connectivity index (χ2n) is 5.60. The predicted octanol–water partition coefficient (Wildman–Crippen LogP) is 3.51. The van der Waals surface area contributed by atoms with Crippen molar-refractivity contribution in [2.75, 3.05) is 6.54 Å². The molecule has 4 nitrogen and oxygen atoms in total. The van der Waals surface area contributed by atoms with Crippen LogP contribution < -0.4 is 0 Å². The SMILES string of the molecule is Cc1cc(Cl)cc(C(=O)N2CCCCC2CCC(=O)O)c1. The van der Waals surface area contributed by atoms with Crippen LogP contribution in [0.2, 0.25) is 5.02 Å². The highest BCUT2D eigenvalue weighted by Gasteiger charge is 2.27. The predicted molar refractivity (Wildman–Crippen MR) is 81.7 cm³/mol. The highest BCUT2D eigenvalue weighted by atomic mass is 35.5. The largest absolute Gasteiger partial charge is 0.481 e. The van der Waals surface area contributed by atoms with Gasteiger partial charge in [-0.3, -0.25) is 9.59 Å². The van der Waals surface area contributed by atoms with Gasteiger partial charge in [-0.05, 0) is 56.4 Å². The van der Waals surface area contributed by atoms with Crippen molar-refractivity contribution in [3.05, 3.63) is 34.3 Å². The molecule has 0 aliphatic carbocycles. The van der Waals surface area contributed by atoms with Crippen LogP contribution in [0, 0.1) is 6.92 Å². The summed E-state index contributed by atoms with van der Waals surface area (Å²) in [4.78, 5) is 25.3. The van der Waals surface area contributed by atoms with Gasteiger partial charge in [0.2, 0.25) is 0 Å². The summed E-state index contributed by atoms with van der Waals surface area (Å²) >= 11 is 6.02. The van der Waals surface area contributed by atoms with E-state index in [0.29, 0.717) is 23.6 Å². The van der Waals surface area contributed by atoms with E-state index in [4.69, 9.17) is 16.7 Å². The number of rotatable bonds is 4. The zero-order chi connectivity index (χ0) is 15.4. The van der Waals surface area contributed by atoms with Gasteiger partial charge in [0.05, 0.1) is 0 Å². The summed E-state index contributed by atoms with van der Waals surface area (Å²) in [5.74, 6) is -0.859. The average molecular weight is 310 g/mol. The third kappa shape index (κ3) is 4.21. The topological polar surface area (TPSA) is 57.6 Å². The van der Waals surface area contributed by atoms with Crippen molar-refractivity contribution in [1.29, 1.82) is 0 Å². The van der Waals surface area contributed by atoms with Crippen molar-refractivity contribution in [3.63, 3.8) is 0 Å². The summed E-state index contributed by atoms with van der Waals surface area (Å²) in [5.41, 5.74) is 1.53. The van der Waals surface area contributed by atoms with Crippen LogP contribution in [0.1, 0.15) is 48.0 Å². The Morgan fingerprint density at radius 1 is 1.33 bits per heavy atom. The van der Waals surface area contributed by atoms with E-state index in [1.165, 1.54) is 0 Å². The number of hydrogen-bond donors (Lipinski definition) is 1. The molecule has 1 aromatic rings. The fourth-order valence-corrected chi connectivity index (χ4v) is 3.17. The van der Waals surface area contributed by atoms with E-state index in [1.807, 2.05) is 24.0 Å². The van der Waals surface area contributed by atoms with E-state index in [0.717, 1.165) is 24.8 Å². The van der Waals surface area contributed by atoms with Crippen molar-refractivity contribution in [1.82, 2.24) is 4.90 Å². The molecule has 1 aromatic carbocycles. The Labute approximate surface area is 129 Å². The Bertz CT molecular complexity index is 524. The maximum atomic E-state index is 12.7. The van der Waals surface area contributed by atoms with E-state index in [1.54, 1.807) is 6.07 Å². The molecule has 0 spiro atoms. The van der Waals surface area contributed by atoms with Crippen molar-refractivity contribution in [2.24, 2.45) is 0 Å². The third-order valence-electron chi connectivity index (χ3n) is 3.87. The number of halogens is 1. The quantitative estimate of drug-likeness (QED) is 0.926. The lowest BCUT2D eigenvalue weighted by atomic mass is 9.96. The molecule has 0 aromatic heterocycles. The lowest BCUT2D eigenvalue weighted by Gasteiger charge is -2.35. The van der Waals surface area contributed by atoms with Gasteiger partial charge < -0.3 is 10.0 Å². The number of carboxylic acids is 1. The van der Waals surface area contributed by atoms with Gasteiger partial charge in [0.25, 0.3) is 5.91 Å². The Morgan fingerprint density at radius 3 is 2.76 bits per heavy atom. The minimum Gasteiger partial charge on any atom is -0.481 e. The van der Waals surface area contributed by atoms with Crippen LogP contribution in [0.4, 0.5) is 0 Å². The minimum absolute atomic E-state index is 0.0154. The number of carbonyl (C=O) groups excluding carboxylic acids is 1. The van der Waals surface area contributed by atoms with Crippen molar-refractivity contribution in [3.8, 4) is 0 Å². The Hall–Kier alpha value is -1.55. The van der Waals surface area contributed by atoms with Crippen LogP contribution in [0.3, 0.4) is 0 Å². The van der Waals surface area contributed by atoms with Crippen LogP contribution in [0.25, 0.3) is 0 Å². The third-order valence-corrected chi connectivity index (χ3v) is 4.09. The number of hydrogen-bond acceptors (Lipinski definition) is 2. The second-order valence-corrected chi connectivity index (χ2v) is 6.03. The van der Waals surface area contributed by atoms with Gasteiger partial charge in [-0.15, -0.1) is 0 Å². The molecule has 0 saturated carbocycles. The summed E-state index contributed by atoms with van der Waals surface area (Å²) in [6.07, 6.45) is 3.50. The van der Waals surface area contributed by atoms with E-state index in [2.05, 4.69) is 0 Å². The second kappa shape index (κ2) is 6.94. The van der Waals surface area contributed by atoms with E-state index < -0.39 is 5.97 Å². The number of benzene rings is 1. The van der Waals surface area contributed by atoms with Crippen molar-refractivity contribution in [2.45, 2.75) is 45.1 Å². The molecule has 0 bridgehead atoms. The number of nitrogens with zero attached hydrogens (tertiary/aromatic N) is 1. The Balaban J connectivity index is 2.15. The molecule has 5 heteroatoms. The van der Waals surface area contributed by atoms with Gasteiger partial charge in [-0.1, -0.05) is 11.6 Å². The number of piperidine rings is 1. The van der Waals surface area contributed by atoms with E-state index in [-0.39, 0.29) is 18.4 Å².